The molecule has 0 radical (unpaired) electrons. The molecule has 54 valence electrons. The predicted octanol–water partition coefficient (Wildman–Crippen LogP) is 0.837. The van der Waals surface area contributed by atoms with Crippen LogP contribution in [0.2, 0.25) is 0 Å². The molecule has 10 heavy (non-hydrogen) atoms. The van der Waals surface area contributed by atoms with Gasteiger partial charge >= 0.3 is 0 Å². The third-order valence-electron chi connectivity index (χ3n) is 1.05. The average molecular weight is 141 g/mol. The largest absolute Gasteiger partial charge is 0.384 e. The number of nitrogens with two attached hydrogens (primary N) is 1. The minimum Gasteiger partial charge on any atom is -0.384 e. The molecule has 0 unspecified atom stereocenters. The summed E-state index contributed by atoms with van der Waals surface area (Å²) in [4.78, 5) is 7.57. The first-order chi connectivity index (χ1) is 4.72. The van der Waals surface area contributed by atoms with Gasteiger partial charge in [0.25, 0.3) is 0 Å². The van der Waals surface area contributed by atoms with Crippen molar-refractivity contribution >= 4 is 5.82 Å². The molecule has 3 nitrogen and oxygen atoms in total. The quantitative estimate of drug-likeness (QED) is 0.630. The van der Waals surface area contributed by atoms with Gasteiger partial charge in [-0.25, -0.2) is 14.4 Å². The third-order valence-corrected chi connectivity index (χ3v) is 1.05. The van der Waals surface area contributed by atoms with Gasteiger partial charge in [0.05, 0.1) is 5.69 Å². The summed E-state index contributed by atoms with van der Waals surface area (Å²) in [5, 5.41) is 0. The molecule has 0 aliphatic rings. The van der Waals surface area contributed by atoms with Gasteiger partial charge in [0.2, 0.25) is 0 Å². The van der Waals surface area contributed by atoms with Crippen molar-refractivity contribution in [2.75, 3.05) is 5.73 Å². The Labute approximate surface area is 58.1 Å². The lowest BCUT2D eigenvalue weighted by Crippen LogP contribution is -1.98. The molecule has 2 N–H and O–H groups in total. The molecule has 0 bridgehead atoms. The average Bonchev–Trinajstić information content (AvgIpc) is 1.85. The van der Waals surface area contributed by atoms with Crippen molar-refractivity contribution in [3.63, 3.8) is 0 Å². The number of nitrogen functional groups attached to an aromatic ring is 1. The van der Waals surface area contributed by atoms with Crippen molar-refractivity contribution in [1.29, 1.82) is 0 Å². The molecule has 1 aromatic rings. The Morgan fingerprint density at radius 1 is 1.60 bits per heavy atom. The van der Waals surface area contributed by atoms with E-state index in [2.05, 4.69) is 9.97 Å². The van der Waals surface area contributed by atoms with Gasteiger partial charge in [0.15, 0.2) is 0 Å². The number of halogens is 1. The molecule has 4 heteroatoms. The molecule has 1 aromatic heterocycles. The summed E-state index contributed by atoms with van der Waals surface area (Å²) < 4.78 is 11.9. The lowest BCUT2D eigenvalue weighted by Gasteiger charge is -1.96. The van der Waals surface area contributed by atoms with E-state index in [0.29, 0.717) is 17.3 Å². The van der Waals surface area contributed by atoms with Crippen LogP contribution in [0.4, 0.5) is 10.2 Å². The molecular weight excluding hydrogens is 133 g/mol. The van der Waals surface area contributed by atoms with E-state index in [1.54, 1.807) is 6.92 Å². The maximum Gasteiger partial charge on any atom is 0.132 e. The molecule has 0 saturated heterocycles. The summed E-state index contributed by atoms with van der Waals surface area (Å²) in [6, 6.07) is 1.42. The fourth-order valence-electron chi connectivity index (χ4n) is 0.723. The summed E-state index contributed by atoms with van der Waals surface area (Å²) >= 11 is 0. The summed E-state index contributed by atoms with van der Waals surface area (Å²) in [6.45, 7) is 1.09. The van der Waals surface area contributed by atoms with Crippen LogP contribution >= 0.6 is 0 Å². The van der Waals surface area contributed by atoms with Crippen molar-refractivity contribution in [3.05, 3.63) is 17.6 Å². The van der Waals surface area contributed by atoms with Crippen LogP contribution in [0.15, 0.2) is 6.07 Å². The number of hydrogen-bond acceptors (Lipinski definition) is 3. The van der Waals surface area contributed by atoms with Crippen LogP contribution in [-0.4, -0.2) is 9.97 Å². The minimum absolute atomic E-state index is 0.320. The van der Waals surface area contributed by atoms with Crippen LogP contribution in [0.5, 0.6) is 0 Å². The first-order valence-corrected chi connectivity index (χ1v) is 2.88. The molecule has 0 spiro atoms. The van der Waals surface area contributed by atoms with E-state index in [-0.39, 0.29) is 0 Å². The smallest absolute Gasteiger partial charge is 0.132 e. The third kappa shape index (κ3) is 1.40. The highest BCUT2D eigenvalue weighted by Crippen LogP contribution is 2.02. The number of hydrogen-bond donors (Lipinski definition) is 1. The number of nitrogens with zero attached hydrogens (tertiary/aromatic N) is 2. The second-order valence-corrected chi connectivity index (χ2v) is 1.96. The SMILES string of the molecule is Cc1nc(N)cc(CF)n1. The van der Waals surface area contributed by atoms with Gasteiger partial charge in [-0.1, -0.05) is 0 Å². The lowest BCUT2D eigenvalue weighted by atomic mass is 10.4. The van der Waals surface area contributed by atoms with Crippen LogP contribution in [0.3, 0.4) is 0 Å². The van der Waals surface area contributed by atoms with Crippen molar-refractivity contribution in [3.8, 4) is 0 Å². The normalized spacial score (nSPS) is 9.80. The molecule has 0 amide bonds. The van der Waals surface area contributed by atoms with Gasteiger partial charge in [0.1, 0.15) is 18.3 Å². The van der Waals surface area contributed by atoms with Crippen molar-refractivity contribution in [1.82, 2.24) is 9.97 Å². The van der Waals surface area contributed by atoms with Crippen molar-refractivity contribution < 1.29 is 4.39 Å². The van der Waals surface area contributed by atoms with Gasteiger partial charge in [-0.15, -0.1) is 0 Å². The standard InChI is InChI=1S/C6H8FN3/c1-4-9-5(3-7)2-6(8)10-4/h2H,3H2,1H3,(H2,8,9,10). The number of alkyl halides is 1. The predicted molar refractivity (Wildman–Crippen MR) is 36.0 cm³/mol. The van der Waals surface area contributed by atoms with Crippen molar-refractivity contribution in [2.24, 2.45) is 0 Å². The van der Waals surface area contributed by atoms with E-state index >= 15 is 0 Å². The Kier molecular flexibility index (Phi) is 1.80. The molecule has 0 aliphatic carbocycles. The maximum atomic E-state index is 11.9. The molecule has 1 heterocycles. The number of rotatable bonds is 1. The van der Waals surface area contributed by atoms with E-state index < -0.39 is 6.67 Å². The van der Waals surface area contributed by atoms with Gasteiger partial charge < -0.3 is 5.73 Å². The highest BCUT2D eigenvalue weighted by Gasteiger charge is 1.96. The highest BCUT2D eigenvalue weighted by molar-refractivity contribution is 5.29. The van der Waals surface area contributed by atoms with E-state index in [1.807, 2.05) is 0 Å². The monoisotopic (exact) mass is 141 g/mol. The first kappa shape index (κ1) is 6.92. The Morgan fingerprint density at radius 3 is 2.80 bits per heavy atom. The topological polar surface area (TPSA) is 51.8 Å². The Balaban J connectivity index is 3.06. The fraction of sp³-hybridized carbons (Fsp3) is 0.333. The number of aryl methyl sites for hydroxylation is 1. The van der Waals surface area contributed by atoms with Crippen LogP contribution in [0, 0.1) is 6.92 Å². The molecule has 0 saturated carbocycles. The Morgan fingerprint density at radius 2 is 2.30 bits per heavy atom. The second kappa shape index (κ2) is 2.60. The summed E-state index contributed by atoms with van der Waals surface area (Å²) in [5.41, 5.74) is 5.66. The van der Waals surface area contributed by atoms with Gasteiger partial charge in [0, 0.05) is 6.07 Å². The zero-order valence-corrected chi connectivity index (χ0v) is 5.63. The molecule has 0 atom stereocenters. The maximum absolute atomic E-state index is 11.9. The fourth-order valence-corrected chi connectivity index (χ4v) is 0.723. The lowest BCUT2D eigenvalue weighted by molar-refractivity contribution is 0.474. The minimum atomic E-state index is -0.590. The second-order valence-electron chi connectivity index (χ2n) is 1.96. The summed E-state index contributed by atoms with van der Waals surface area (Å²) in [7, 11) is 0. The summed E-state index contributed by atoms with van der Waals surface area (Å²) in [6.07, 6.45) is 0. The Bertz CT molecular complexity index is 216. The first-order valence-electron chi connectivity index (χ1n) is 2.88. The number of aromatic nitrogens is 2. The van der Waals surface area contributed by atoms with E-state index in [1.165, 1.54) is 6.07 Å². The molecule has 0 fully saturated rings. The van der Waals surface area contributed by atoms with Crippen LogP contribution in [0.25, 0.3) is 0 Å². The zero-order valence-electron chi connectivity index (χ0n) is 5.63. The number of anilines is 1. The molecule has 0 aromatic carbocycles. The van der Waals surface area contributed by atoms with Crippen molar-refractivity contribution in [2.45, 2.75) is 13.6 Å². The molecule has 0 aliphatic heterocycles. The van der Waals surface area contributed by atoms with E-state index in [0.717, 1.165) is 0 Å². The Hall–Kier alpha value is -1.19. The highest BCUT2D eigenvalue weighted by atomic mass is 19.1. The zero-order chi connectivity index (χ0) is 7.56. The van der Waals surface area contributed by atoms with Gasteiger partial charge in [-0.2, -0.15) is 0 Å². The molecular formula is C6H8FN3. The van der Waals surface area contributed by atoms with Crippen LogP contribution in [0.1, 0.15) is 11.5 Å². The van der Waals surface area contributed by atoms with E-state index in [9.17, 15) is 4.39 Å². The summed E-state index contributed by atoms with van der Waals surface area (Å²) in [5.74, 6) is 0.827. The van der Waals surface area contributed by atoms with Crippen LogP contribution in [-0.2, 0) is 6.67 Å². The van der Waals surface area contributed by atoms with E-state index in [4.69, 9.17) is 5.73 Å². The van der Waals surface area contributed by atoms with Gasteiger partial charge in [-0.3, -0.25) is 0 Å². The van der Waals surface area contributed by atoms with Gasteiger partial charge in [-0.05, 0) is 6.92 Å². The molecule has 1 rings (SSSR count). The van der Waals surface area contributed by atoms with Crippen LogP contribution < -0.4 is 5.73 Å².